The second kappa shape index (κ2) is 5.01. The average Bonchev–Trinajstić information content (AvgIpc) is 2.30. The van der Waals surface area contributed by atoms with E-state index in [1.165, 1.54) is 16.3 Å². The minimum atomic E-state index is -0.244. The Bertz CT molecular complexity index is 463. The molecule has 0 aliphatic heterocycles. The molecule has 3 heteroatoms. The Labute approximate surface area is 90.2 Å². The first kappa shape index (κ1) is 10.3. The van der Waals surface area contributed by atoms with Crippen molar-refractivity contribution < 1.29 is 9.09 Å². The highest BCUT2D eigenvalue weighted by molar-refractivity contribution is 7.17. The van der Waals surface area contributed by atoms with Crippen LogP contribution in [0.3, 0.4) is 0 Å². The summed E-state index contributed by atoms with van der Waals surface area (Å²) in [7, 11) is -0.244. The lowest BCUT2D eigenvalue weighted by atomic mass is 10.0. The van der Waals surface area contributed by atoms with Gasteiger partial charge in [0, 0.05) is 0 Å². The number of rotatable bonds is 4. The molecule has 0 amide bonds. The fourth-order valence-electron chi connectivity index (χ4n) is 1.70. The van der Waals surface area contributed by atoms with Crippen LogP contribution in [0.4, 0.5) is 0 Å². The SMILES string of the molecule is O=POCCc1cccc2ccccc12. The lowest BCUT2D eigenvalue weighted by Crippen LogP contribution is -1.92. The van der Waals surface area contributed by atoms with Crippen LogP contribution in [0.1, 0.15) is 5.56 Å². The Kier molecular flexibility index (Phi) is 3.44. The van der Waals surface area contributed by atoms with Crippen LogP contribution in [0.25, 0.3) is 10.8 Å². The summed E-state index contributed by atoms with van der Waals surface area (Å²) in [6.07, 6.45) is 0.788. The highest BCUT2D eigenvalue weighted by atomic mass is 31.1. The largest absolute Gasteiger partial charge is 0.327 e. The summed E-state index contributed by atoms with van der Waals surface area (Å²) in [5, 5.41) is 2.47. The predicted molar refractivity (Wildman–Crippen MR) is 61.2 cm³/mol. The molecule has 76 valence electrons. The molecule has 2 nitrogen and oxygen atoms in total. The van der Waals surface area contributed by atoms with E-state index in [4.69, 9.17) is 4.52 Å². The fraction of sp³-hybridized carbons (Fsp3) is 0.167. The van der Waals surface area contributed by atoms with Gasteiger partial charge in [-0.3, -0.25) is 4.52 Å². The maximum absolute atomic E-state index is 10.1. The maximum atomic E-state index is 10.1. The molecular weight excluding hydrogens is 207 g/mol. The van der Waals surface area contributed by atoms with Gasteiger partial charge in [0.25, 0.3) is 0 Å². The first-order valence-electron chi connectivity index (χ1n) is 4.83. The molecule has 0 aliphatic carbocycles. The monoisotopic (exact) mass is 218 g/mol. The van der Waals surface area contributed by atoms with Gasteiger partial charge in [-0.15, -0.1) is 0 Å². The second-order valence-corrected chi connectivity index (χ2v) is 3.70. The normalized spacial score (nSPS) is 10.9. The van der Waals surface area contributed by atoms with Crippen molar-refractivity contribution in [2.24, 2.45) is 0 Å². The zero-order valence-electron chi connectivity index (χ0n) is 8.22. The van der Waals surface area contributed by atoms with Gasteiger partial charge < -0.3 is 0 Å². The quantitative estimate of drug-likeness (QED) is 0.578. The van der Waals surface area contributed by atoms with E-state index in [1.807, 2.05) is 18.2 Å². The lowest BCUT2D eigenvalue weighted by molar-refractivity contribution is 0.347. The zero-order chi connectivity index (χ0) is 10.5. The number of benzene rings is 2. The maximum Gasteiger partial charge on any atom is 0.327 e. The van der Waals surface area contributed by atoms with E-state index in [1.54, 1.807) is 0 Å². The van der Waals surface area contributed by atoms with Crippen LogP contribution in [-0.2, 0) is 15.5 Å². The molecule has 0 unspecified atom stereocenters. The molecule has 2 rings (SSSR count). The van der Waals surface area contributed by atoms with E-state index in [9.17, 15) is 4.57 Å². The van der Waals surface area contributed by atoms with Crippen molar-refractivity contribution in [3.63, 3.8) is 0 Å². The Morgan fingerprint density at radius 1 is 1.07 bits per heavy atom. The van der Waals surface area contributed by atoms with Crippen molar-refractivity contribution in [1.29, 1.82) is 0 Å². The van der Waals surface area contributed by atoms with Crippen LogP contribution in [0, 0.1) is 0 Å². The Hall–Kier alpha value is -1.24. The molecule has 0 fully saturated rings. The van der Waals surface area contributed by atoms with Crippen molar-refractivity contribution in [1.82, 2.24) is 0 Å². The van der Waals surface area contributed by atoms with E-state index >= 15 is 0 Å². The van der Waals surface area contributed by atoms with E-state index in [0.29, 0.717) is 6.61 Å². The van der Waals surface area contributed by atoms with Crippen LogP contribution in [0.2, 0.25) is 0 Å². The van der Waals surface area contributed by atoms with Gasteiger partial charge in [0.1, 0.15) is 0 Å². The smallest absolute Gasteiger partial charge is 0.294 e. The van der Waals surface area contributed by atoms with Crippen LogP contribution < -0.4 is 0 Å². The van der Waals surface area contributed by atoms with Crippen LogP contribution in [-0.4, -0.2) is 6.61 Å². The first-order chi connectivity index (χ1) is 7.42. The fourth-order valence-corrected chi connectivity index (χ4v) is 1.87. The van der Waals surface area contributed by atoms with Gasteiger partial charge in [-0.1, -0.05) is 42.5 Å². The van der Waals surface area contributed by atoms with Crippen molar-refractivity contribution in [2.75, 3.05) is 6.61 Å². The minimum Gasteiger partial charge on any atom is -0.294 e. The summed E-state index contributed by atoms with van der Waals surface area (Å²) in [5.74, 6) is 0. The van der Waals surface area contributed by atoms with Crippen molar-refractivity contribution in [3.05, 3.63) is 48.0 Å². The Balaban J connectivity index is 2.30. The molecule has 0 aliphatic rings. The molecule has 2 aromatic carbocycles. The molecule has 15 heavy (non-hydrogen) atoms. The molecule has 0 aromatic heterocycles. The van der Waals surface area contributed by atoms with Crippen LogP contribution >= 0.6 is 8.69 Å². The zero-order valence-corrected chi connectivity index (χ0v) is 9.11. The Morgan fingerprint density at radius 2 is 1.87 bits per heavy atom. The molecule has 0 saturated carbocycles. The molecule has 0 N–H and O–H groups in total. The van der Waals surface area contributed by atoms with E-state index in [0.717, 1.165) is 6.42 Å². The molecule has 0 spiro atoms. The molecule has 0 bridgehead atoms. The summed E-state index contributed by atoms with van der Waals surface area (Å²) in [6.45, 7) is 0.485. The van der Waals surface area contributed by atoms with Gasteiger partial charge in [0.15, 0.2) is 0 Å². The highest BCUT2D eigenvalue weighted by Crippen LogP contribution is 2.19. The average molecular weight is 218 g/mol. The van der Waals surface area contributed by atoms with Gasteiger partial charge in [0.2, 0.25) is 0 Å². The summed E-state index contributed by atoms with van der Waals surface area (Å²) in [5.41, 5.74) is 1.23. The summed E-state index contributed by atoms with van der Waals surface area (Å²) in [6, 6.07) is 14.4. The third-order valence-corrected chi connectivity index (χ3v) is 2.68. The van der Waals surface area contributed by atoms with Crippen molar-refractivity contribution in [3.8, 4) is 0 Å². The minimum absolute atomic E-state index is 0.244. The molecule has 0 radical (unpaired) electrons. The predicted octanol–water partition coefficient (Wildman–Crippen LogP) is 3.61. The van der Waals surface area contributed by atoms with Crippen LogP contribution in [0.5, 0.6) is 0 Å². The summed E-state index contributed by atoms with van der Waals surface area (Å²) < 4.78 is 14.9. The van der Waals surface area contributed by atoms with E-state index < -0.39 is 0 Å². The summed E-state index contributed by atoms with van der Waals surface area (Å²) >= 11 is 0. The molecular formula is C12H11O2P. The topological polar surface area (TPSA) is 26.3 Å². The third-order valence-electron chi connectivity index (χ3n) is 2.40. The van der Waals surface area contributed by atoms with E-state index in [2.05, 4.69) is 24.3 Å². The third kappa shape index (κ3) is 2.41. The Morgan fingerprint density at radius 3 is 2.73 bits per heavy atom. The van der Waals surface area contributed by atoms with Gasteiger partial charge in [-0.05, 0) is 22.8 Å². The number of fused-ring (bicyclic) bond motifs is 1. The van der Waals surface area contributed by atoms with Crippen LogP contribution in [0.15, 0.2) is 42.5 Å². The van der Waals surface area contributed by atoms with Gasteiger partial charge >= 0.3 is 8.69 Å². The van der Waals surface area contributed by atoms with Gasteiger partial charge in [-0.2, -0.15) is 0 Å². The highest BCUT2D eigenvalue weighted by Gasteiger charge is 1.99. The lowest BCUT2D eigenvalue weighted by Gasteiger charge is -2.04. The van der Waals surface area contributed by atoms with Crippen molar-refractivity contribution >= 4 is 19.5 Å². The second-order valence-electron chi connectivity index (χ2n) is 3.30. The molecule has 0 saturated heterocycles. The first-order valence-corrected chi connectivity index (χ1v) is 5.56. The van der Waals surface area contributed by atoms with Crippen molar-refractivity contribution in [2.45, 2.75) is 6.42 Å². The standard InChI is InChI=1S/C12H11O2P/c13-15-14-9-8-11-6-3-5-10-4-1-2-7-12(10)11/h1-7H,8-9H2. The number of hydrogen-bond acceptors (Lipinski definition) is 2. The van der Waals surface area contributed by atoms with Gasteiger partial charge in [-0.25, -0.2) is 4.57 Å². The number of hydrogen-bond donors (Lipinski definition) is 0. The van der Waals surface area contributed by atoms with Gasteiger partial charge in [0.05, 0.1) is 6.61 Å². The van der Waals surface area contributed by atoms with E-state index in [-0.39, 0.29) is 8.69 Å². The molecule has 2 aromatic rings. The molecule has 0 heterocycles. The summed E-state index contributed by atoms with van der Waals surface area (Å²) in [4.78, 5) is 0. The molecule has 0 atom stereocenters.